The van der Waals surface area contributed by atoms with E-state index in [1.54, 1.807) is 0 Å². The molecule has 0 amide bonds. The van der Waals surface area contributed by atoms with Crippen LogP contribution in [0.3, 0.4) is 0 Å². The zero-order valence-corrected chi connectivity index (χ0v) is 15.9. The van der Waals surface area contributed by atoms with Crippen LogP contribution >= 0.6 is 0 Å². The Morgan fingerprint density at radius 1 is 1.07 bits per heavy atom. The van der Waals surface area contributed by atoms with Gasteiger partial charge in [0, 0.05) is 36.0 Å². The fourth-order valence-electron chi connectivity index (χ4n) is 4.77. The van der Waals surface area contributed by atoms with Gasteiger partial charge < -0.3 is 4.90 Å². The van der Waals surface area contributed by atoms with Crippen LogP contribution in [0.5, 0.6) is 0 Å². The molecule has 1 saturated heterocycles. The predicted molar refractivity (Wildman–Crippen MR) is 107 cm³/mol. The number of aromatic nitrogens is 3. The average molecular weight is 360 g/mol. The highest BCUT2D eigenvalue weighted by atomic mass is 16.1. The van der Waals surface area contributed by atoms with Gasteiger partial charge in [0.2, 0.25) is 0 Å². The Labute approximate surface area is 158 Å². The van der Waals surface area contributed by atoms with E-state index in [0.717, 1.165) is 54.1 Å². The monoisotopic (exact) mass is 360 g/mol. The van der Waals surface area contributed by atoms with E-state index in [9.17, 15) is 4.79 Å². The van der Waals surface area contributed by atoms with Gasteiger partial charge in [0.25, 0.3) is 5.56 Å². The van der Waals surface area contributed by atoms with Gasteiger partial charge in [-0.05, 0) is 63.5 Å². The summed E-state index contributed by atoms with van der Waals surface area (Å²) in [6, 6.07) is 10.6. The van der Waals surface area contributed by atoms with Crippen LogP contribution in [-0.2, 0) is 6.54 Å². The van der Waals surface area contributed by atoms with Gasteiger partial charge in [-0.2, -0.15) is 0 Å². The molecule has 1 fully saturated rings. The molecule has 2 atom stereocenters. The summed E-state index contributed by atoms with van der Waals surface area (Å²) >= 11 is 0. The molecule has 1 aromatic carbocycles. The third-order valence-corrected chi connectivity index (χ3v) is 6.27. The second-order valence-electron chi connectivity index (χ2n) is 7.93. The summed E-state index contributed by atoms with van der Waals surface area (Å²) in [5, 5.41) is 0.708. The number of likely N-dealkylation sites (tertiary alicyclic amines) is 1. The summed E-state index contributed by atoms with van der Waals surface area (Å²) in [5.74, 6) is 1.36. The van der Waals surface area contributed by atoms with Crippen LogP contribution in [0.2, 0.25) is 0 Å². The highest BCUT2D eigenvalue weighted by molar-refractivity contribution is 5.83. The van der Waals surface area contributed by atoms with Crippen molar-refractivity contribution in [3.63, 3.8) is 0 Å². The van der Waals surface area contributed by atoms with Crippen LogP contribution in [0.15, 0.2) is 41.3 Å². The highest BCUT2D eigenvalue weighted by Gasteiger charge is 2.36. The molecule has 0 radical (unpaired) electrons. The maximum absolute atomic E-state index is 13.3. The first-order valence-electron chi connectivity index (χ1n) is 9.79. The lowest BCUT2D eigenvalue weighted by Gasteiger charge is -2.42. The molecule has 5 nitrogen and oxygen atoms in total. The number of likely N-dealkylation sites (N-methyl/N-ethyl adjacent to an activating group) is 1. The second kappa shape index (κ2) is 6.27. The lowest BCUT2D eigenvalue weighted by atomic mass is 9.84. The molecule has 0 bridgehead atoms. The molecular weight excluding hydrogens is 336 g/mol. The van der Waals surface area contributed by atoms with Gasteiger partial charge in [0.1, 0.15) is 5.82 Å². The van der Waals surface area contributed by atoms with Gasteiger partial charge in [-0.15, -0.1) is 0 Å². The van der Waals surface area contributed by atoms with Gasteiger partial charge in [-0.1, -0.05) is 12.1 Å². The van der Waals surface area contributed by atoms with E-state index < -0.39 is 0 Å². The fraction of sp³-hybridized carbons (Fsp3) is 0.409. The van der Waals surface area contributed by atoms with Crippen molar-refractivity contribution in [3.8, 4) is 11.1 Å². The Hall–Kier alpha value is -2.53. The highest BCUT2D eigenvalue weighted by Crippen LogP contribution is 2.36. The zero-order valence-electron chi connectivity index (χ0n) is 15.9. The van der Waals surface area contributed by atoms with E-state index in [1.807, 2.05) is 42.0 Å². The number of pyridine rings is 1. The Morgan fingerprint density at radius 2 is 1.93 bits per heavy atom. The zero-order chi connectivity index (χ0) is 18.5. The molecule has 2 aliphatic heterocycles. The Morgan fingerprint density at radius 3 is 2.74 bits per heavy atom. The van der Waals surface area contributed by atoms with Crippen molar-refractivity contribution in [1.82, 2.24) is 19.4 Å². The molecule has 0 spiro atoms. The van der Waals surface area contributed by atoms with E-state index in [0.29, 0.717) is 17.3 Å². The van der Waals surface area contributed by atoms with Crippen molar-refractivity contribution < 1.29 is 0 Å². The average Bonchev–Trinajstić information content (AvgIpc) is 2.69. The third-order valence-electron chi connectivity index (χ3n) is 6.27. The minimum atomic E-state index is 0.101. The van der Waals surface area contributed by atoms with Crippen molar-refractivity contribution in [2.45, 2.75) is 44.7 Å². The molecule has 0 unspecified atom stereocenters. The molecule has 2 aliphatic rings. The lowest BCUT2D eigenvalue weighted by molar-refractivity contribution is 0.123. The summed E-state index contributed by atoms with van der Waals surface area (Å²) in [7, 11) is 2.20. The summed E-state index contributed by atoms with van der Waals surface area (Å²) < 4.78 is 1.93. The van der Waals surface area contributed by atoms with Crippen molar-refractivity contribution in [2.75, 3.05) is 13.6 Å². The molecule has 27 heavy (non-hydrogen) atoms. The molecule has 0 saturated carbocycles. The van der Waals surface area contributed by atoms with Crippen LogP contribution < -0.4 is 5.56 Å². The molecule has 3 aromatic rings. The maximum Gasteiger partial charge on any atom is 0.261 e. The van der Waals surface area contributed by atoms with E-state index in [1.165, 1.54) is 6.42 Å². The van der Waals surface area contributed by atoms with Crippen LogP contribution in [0.4, 0.5) is 0 Å². The Balaban J connectivity index is 1.64. The van der Waals surface area contributed by atoms with Crippen molar-refractivity contribution >= 4 is 10.9 Å². The summed E-state index contributed by atoms with van der Waals surface area (Å²) in [5.41, 5.74) is 3.94. The molecule has 5 rings (SSSR count). The lowest BCUT2D eigenvalue weighted by Crippen LogP contribution is -2.47. The number of piperidine rings is 1. The molecule has 0 aliphatic carbocycles. The second-order valence-corrected chi connectivity index (χ2v) is 7.93. The van der Waals surface area contributed by atoms with Gasteiger partial charge in [-0.25, -0.2) is 4.98 Å². The van der Waals surface area contributed by atoms with Crippen molar-refractivity contribution in [2.24, 2.45) is 0 Å². The minimum absolute atomic E-state index is 0.101. The Bertz CT molecular complexity index is 1070. The standard InChI is InChI=1S/C22H24N4O/c1-14-5-6-16(13-23-14)15-7-8-19-18(12-15)22(27)26-11-9-20-17(21(26)24-19)4-3-10-25(20)2/h5-8,12-13,17,20H,3-4,9-11H2,1-2H3/t17-,20+/m0/s1. The van der Waals surface area contributed by atoms with Crippen LogP contribution in [0, 0.1) is 6.92 Å². The van der Waals surface area contributed by atoms with Crippen LogP contribution in [0.1, 0.15) is 36.7 Å². The Kier molecular flexibility index (Phi) is 3.86. The third kappa shape index (κ3) is 2.69. The van der Waals surface area contributed by atoms with Crippen LogP contribution in [-0.4, -0.2) is 39.1 Å². The number of nitrogens with zero attached hydrogens (tertiary/aromatic N) is 4. The quantitative estimate of drug-likeness (QED) is 0.668. The number of fused-ring (bicyclic) bond motifs is 4. The minimum Gasteiger partial charge on any atom is -0.303 e. The van der Waals surface area contributed by atoms with Crippen LogP contribution in [0.25, 0.3) is 22.0 Å². The number of aryl methyl sites for hydroxylation is 1. The van der Waals surface area contributed by atoms with Crippen molar-refractivity contribution in [3.05, 3.63) is 58.4 Å². The first-order chi connectivity index (χ1) is 13.1. The van der Waals surface area contributed by atoms with Gasteiger partial charge in [0.05, 0.1) is 10.9 Å². The summed E-state index contributed by atoms with van der Waals surface area (Å²) in [6.07, 6.45) is 5.19. The normalized spacial score (nSPS) is 22.4. The summed E-state index contributed by atoms with van der Waals surface area (Å²) in [4.78, 5) is 25.0. The molecule has 138 valence electrons. The first-order valence-corrected chi connectivity index (χ1v) is 9.79. The van der Waals surface area contributed by atoms with E-state index in [4.69, 9.17) is 4.98 Å². The van der Waals surface area contributed by atoms with Gasteiger partial charge in [0.15, 0.2) is 0 Å². The number of hydrogen-bond donors (Lipinski definition) is 0. The molecule has 0 N–H and O–H groups in total. The van der Waals surface area contributed by atoms with E-state index in [2.05, 4.69) is 23.0 Å². The topological polar surface area (TPSA) is 51.0 Å². The largest absolute Gasteiger partial charge is 0.303 e. The first kappa shape index (κ1) is 16.6. The summed E-state index contributed by atoms with van der Waals surface area (Å²) in [6.45, 7) is 3.88. The maximum atomic E-state index is 13.3. The van der Waals surface area contributed by atoms with E-state index in [-0.39, 0.29) is 5.56 Å². The number of rotatable bonds is 1. The van der Waals surface area contributed by atoms with E-state index >= 15 is 0 Å². The molecule has 4 heterocycles. The molecule has 2 aromatic heterocycles. The van der Waals surface area contributed by atoms with Gasteiger partial charge in [-0.3, -0.25) is 14.3 Å². The van der Waals surface area contributed by atoms with Gasteiger partial charge >= 0.3 is 0 Å². The predicted octanol–water partition coefficient (Wildman–Crippen LogP) is 3.35. The fourth-order valence-corrected chi connectivity index (χ4v) is 4.77. The number of hydrogen-bond acceptors (Lipinski definition) is 4. The SMILES string of the molecule is Cc1ccc(-c2ccc3nc4n(c(=O)c3c2)CC[C@@H]2[C@@H]4CCCN2C)cn1. The van der Waals surface area contributed by atoms with Crippen molar-refractivity contribution in [1.29, 1.82) is 0 Å². The number of benzene rings is 1. The molecular formula is C22H24N4O. The molecule has 5 heteroatoms. The smallest absolute Gasteiger partial charge is 0.261 e.